The topological polar surface area (TPSA) is 54.9 Å². The van der Waals surface area contributed by atoms with Crippen molar-refractivity contribution in [3.05, 3.63) is 81.5 Å². The van der Waals surface area contributed by atoms with Crippen LogP contribution in [0.5, 0.6) is 0 Å². The molecule has 4 rings (SSSR count). The van der Waals surface area contributed by atoms with Crippen LogP contribution in [0.1, 0.15) is 38.1 Å². The minimum Gasteiger partial charge on any atom is -0.306 e. The third-order valence-electron chi connectivity index (χ3n) is 5.20. The Kier molecular flexibility index (Phi) is 4.57. The van der Waals surface area contributed by atoms with Crippen LogP contribution in [-0.4, -0.2) is 9.55 Å². The number of hydrogen-bond acceptors (Lipinski definition) is 2. The number of H-pyrrole nitrogens is 1. The van der Waals surface area contributed by atoms with Crippen molar-refractivity contribution in [3.63, 3.8) is 0 Å². The van der Waals surface area contributed by atoms with E-state index in [9.17, 15) is 9.59 Å². The lowest BCUT2D eigenvalue weighted by Gasteiger charge is -2.24. The Morgan fingerprint density at radius 1 is 0.769 bits per heavy atom. The van der Waals surface area contributed by atoms with Crippen LogP contribution in [0.3, 0.4) is 0 Å². The molecule has 1 heterocycles. The second-order valence-electron chi connectivity index (χ2n) is 6.88. The molecule has 1 aliphatic rings. The van der Waals surface area contributed by atoms with Crippen molar-refractivity contribution in [1.82, 2.24) is 9.55 Å². The van der Waals surface area contributed by atoms with E-state index in [-0.39, 0.29) is 17.3 Å². The molecule has 0 spiro atoms. The molecule has 3 aromatic rings. The van der Waals surface area contributed by atoms with Crippen LogP contribution < -0.4 is 11.2 Å². The molecule has 0 radical (unpaired) electrons. The van der Waals surface area contributed by atoms with Gasteiger partial charge in [0.1, 0.15) is 0 Å². The van der Waals surface area contributed by atoms with Gasteiger partial charge < -0.3 is 4.98 Å². The summed E-state index contributed by atoms with van der Waals surface area (Å²) < 4.78 is 1.45. The summed E-state index contributed by atoms with van der Waals surface area (Å²) in [6.45, 7) is 0. The molecule has 0 unspecified atom stereocenters. The second kappa shape index (κ2) is 7.16. The van der Waals surface area contributed by atoms with Gasteiger partial charge in [0.2, 0.25) is 0 Å². The Morgan fingerprint density at radius 2 is 1.35 bits per heavy atom. The number of hydrogen-bond donors (Lipinski definition) is 1. The van der Waals surface area contributed by atoms with Crippen LogP contribution in [0, 0.1) is 0 Å². The highest BCUT2D eigenvalue weighted by atomic mass is 16.2. The summed E-state index contributed by atoms with van der Waals surface area (Å²) in [6.07, 6.45) is 5.09. The largest absolute Gasteiger partial charge is 0.329 e. The van der Waals surface area contributed by atoms with Gasteiger partial charge in [0, 0.05) is 6.04 Å². The summed E-state index contributed by atoms with van der Waals surface area (Å²) in [4.78, 5) is 29.3. The lowest BCUT2D eigenvalue weighted by atomic mass is 9.94. The van der Waals surface area contributed by atoms with Crippen LogP contribution >= 0.6 is 0 Å². The normalized spacial score (nSPS) is 15.1. The Morgan fingerprint density at radius 3 is 1.96 bits per heavy atom. The summed E-state index contributed by atoms with van der Waals surface area (Å²) in [5.74, 6) is 0. The van der Waals surface area contributed by atoms with Crippen LogP contribution in [0.4, 0.5) is 0 Å². The van der Waals surface area contributed by atoms with Crippen molar-refractivity contribution < 1.29 is 0 Å². The van der Waals surface area contributed by atoms with E-state index in [2.05, 4.69) is 4.98 Å². The Balaban J connectivity index is 1.99. The number of benzene rings is 2. The van der Waals surface area contributed by atoms with Crippen molar-refractivity contribution in [3.8, 4) is 22.4 Å². The molecule has 1 N–H and O–H groups in total. The maximum Gasteiger partial charge on any atom is 0.329 e. The van der Waals surface area contributed by atoms with Gasteiger partial charge in [-0.05, 0) is 24.0 Å². The molecule has 2 aromatic carbocycles. The molecule has 0 atom stereocenters. The molecule has 0 aliphatic heterocycles. The number of aromatic nitrogens is 2. The van der Waals surface area contributed by atoms with Gasteiger partial charge in [-0.25, -0.2) is 4.79 Å². The highest BCUT2D eigenvalue weighted by Gasteiger charge is 2.23. The fourth-order valence-corrected chi connectivity index (χ4v) is 3.91. The lowest BCUT2D eigenvalue weighted by Crippen LogP contribution is -2.40. The standard InChI is InChI=1S/C22H22N2O2/c25-21-19(16-10-4-1-5-11-16)20(17-12-6-2-7-13-17)23-22(26)24(21)18-14-8-3-9-15-18/h1-2,4-7,10-13,18H,3,8-9,14-15H2,(H,23,26). The average Bonchev–Trinajstić information content (AvgIpc) is 2.70. The van der Waals surface area contributed by atoms with Crippen LogP contribution in [0.15, 0.2) is 70.3 Å². The number of aromatic amines is 1. The predicted molar refractivity (Wildman–Crippen MR) is 104 cm³/mol. The van der Waals surface area contributed by atoms with Crippen molar-refractivity contribution >= 4 is 0 Å². The van der Waals surface area contributed by atoms with Gasteiger partial charge in [-0.2, -0.15) is 0 Å². The van der Waals surface area contributed by atoms with Gasteiger partial charge in [-0.15, -0.1) is 0 Å². The van der Waals surface area contributed by atoms with Crippen LogP contribution in [0.2, 0.25) is 0 Å². The first-order valence-electron chi connectivity index (χ1n) is 9.25. The van der Waals surface area contributed by atoms with E-state index >= 15 is 0 Å². The van der Waals surface area contributed by atoms with Crippen molar-refractivity contribution in [2.24, 2.45) is 0 Å². The SMILES string of the molecule is O=c1[nH]c(-c2ccccc2)c(-c2ccccc2)c(=O)n1C1CCCCC1. The summed E-state index contributed by atoms with van der Waals surface area (Å²) in [5.41, 5.74) is 2.35. The van der Waals surface area contributed by atoms with Crippen LogP contribution in [0.25, 0.3) is 22.4 Å². The fourth-order valence-electron chi connectivity index (χ4n) is 3.91. The van der Waals surface area contributed by atoms with Gasteiger partial charge in [0.05, 0.1) is 11.3 Å². The highest BCUT2D eigenvalue weighted by Crippen LogP contribution is 2.29. The van der Waals surface area contributed by atoms with E-state index < -0.39 is 0 Å². The van der Waals surface area contributed by atoms with E-state index in [4.69, 9.17) is 0 Å². The molecular weight excluding hydrogens is 324 g/mol. The molecule has 26 heavy (non-hydrogen) atoms. The van der Waals surface area contributed by atoms with E-state index in [1.807, 2.05) is 60.7 Å². The molecule has 1 saturated carbocycles. The van der Waals surface area contributed by atoms with Crippen LogP contribution in [-0.2, 0) is 0 Å². The van der Waals surface area contributed by atoms with Gasteiger partial charge in [-0.3, -0.25) is 9.36 Å². The Labute approximate surface area is 152 Å². The molecule has 4 heteroatoms. The maximum absolute atomic E-state index is 13.4. The van der Waals surface area contributed by atoms with E-state index in [0.29, 0.717) is 11.3 Å². The summed E-state index contributed by atoms with van der Waals surface area (Å²) in [6, 6.07) is 19.2. The molecule has 0 bridgehead atoms. The van der Waals surface area contributed by atoms with Gasteiger partial charge in [0.25, 0.3) is 5.56 Å². The maximum atomic E-state index is 13.4. The minimum atomic E-state index is -0.305. The first-order valence-corrected chi connectivity index (χ1v) is 9.25. The fraction of sp³-hybridized carbons (Fsp3) is 0.273. The molecular formula is C22H22N2O2. The van der Waals surface area contributed by atoms with E-state index in [0.717, 1.165) is 36.8 Å². The second-order valence-corrected chi connectivity index (χ2v) is 6.88. The number of rotatable bonds is 3. The van der Waals surface area contributed by atoms with Gasteiger partial charge in [0.15, 0.2) is 0 Å². The Bertz CT molecular complexity index is 998. The lowest BCUT2D eigenvalue weighted by molar-refractivity contribution is 0.337. The first kappa shape index (κ1) is 16.6. The summed E-state index contributed by atoms with van der Waals surface area (Å²) in [7, 11) is 0. The molecule has 0 amide bonds. The summed E-state index contributed by atoms with van der Waals surface area (Å²) >= 11 is 0. The monoisotopic (exact) mass is 346 g/mol. The third-order valence-corrected chi connectivity index (χ3v) is 5.20. The molecule has 1 fully saturated rings. The molecule has 1 aromatic heterocycles. The number of nitrogens with zero attached hydrogens (tertiary/aromatic N) is 1. The quantitative estimate of drug-likeness (QED) is 0.765. The van der Waals surface area contributed by atoms with E-state index in [1.165, 1.54) is 11.0 Å². The highest BCUT2D eigenvalue weighted by molar-refractivity contribution is 5.79. The predicted octanol–water partition coefficient (Wildman–Crippen LogP) is 4.38. The molecule has 4 nitrogen and oxygen atoms in total. The minimum absolute atomic E-state index is 0.00714. The zero-order chi connectivity index (χ0) is 17.9. The van der Waals surface area contributed by atoms with E-state index in [1.54, 1.807) is 0 Å². The Hall–Kier alpha value is -2.88. The zero-order valence-corrected chi connectivity index (χ0v) is 14.7. The number of nitrogens with one attached hydrogen (secondary N) is 1. The van der Waals surface area contributed by atoms with Crippen molar-refractivity contribution in [1.29, 1.82) is 0 Å². The zero-order valence-electron chi connectivity index (χ0n) is 14.7. The van der Waals surface area contributed by atoms with Crippen molar-refractivity contribution in [2.45, 2.75) is 38.1 Å². The van der Waals surface area contributed by atoms with Gasteiger partial charge >= 0.3 is 5.69 Å². The average molecular weight is 346 g/mol. The summed E-state index contributed by atoms with van der Waals surface area (Å²) in [5, 5.41) is 0. The van der Waals surface area contributed by atoms with Gasteiger partial charge in [-0.1, -0.05) is 79.9 Å². The first-order chi connectivity index (χ1) is 12.8. The molecule has 1 aliphatic carbocycles. The molecule has 132 valence electrons. The smallest absolute Gasteiger partial charge is 0.306 e. The third kappa shape index (κ3) is 3.03. The van der Waals surface area contributed by atoms with Crippen molar-refractivity contribution in [2.75, 3.05) is 0 Å². The molecule has 0 saturated heterocycles.